The highest BCUT2D eigenvalue weighted by Crippen LogP contribution is 2.36. The number of nitrogens with one attached hydrogen (secondary N) is 1. The molecule has 1 amide bonds. The molecule has 0 aromatic carbocycles. The fraction of sp³-hybridized carbons (Fsp3) is 0.941. The number of hydrogen-bond acceptors (Lipinski definition) is 4. The van der Waals surface area contributed by atoms with E-state index < -0.39 is 5.79 Å². The van der Waals surface area contributed by atoms with Crippen LogP contribution in [0.25, 0.3) is 0 Å². The third-order valence-corrected chi connectivity index (χ3v) is 5.79. The molecule has 0 aromatic heterocycles. The van der Waals surface area contributed by atoms with Gasteiger partial charge in [0.1, 0.15) is 0 Å². The van der Waals surface area contributed by atoms with E-state index in [9.17, 15) is 4.79 Å². The van der Waals surface area contributed by atoms with E-state index in [0.29, 0.717) is 13.2 Å². The summed E-state index contributed by atoms with van der Waals surface area (Å²) in [6.45, 7) is 3.59. The molecular weight excluding hydrogens is 280 g/mol. The zero-order valence-electron chi connectivity index (χ0n) is 13.4. The fourth-order valence-corrected chi connectivity index (χ4v) is 4.37. The lowest BCUT2D eigenvalue weighted by molar-refractivity contribution is -0.182. The van der Waals surface area contributed by atoms with Crippen molar-refractivity contribution >= 4 is 5.91 Å². The molecule has 5 nitrogen and oxygen atoms in total. The molecule has 1 unspecified atom stereocenters. The highest BCUT2D eigenvalue weighted by atomic mass is 16.7. The molecule has 0 bridgehead atoms. The summed E-state index contributed by atoms with van der Waals surface area (Å²) < 4.78 is 11.6. The Morgan fingerprint density at radius 3 is 2.45 bits per heavy atom. The first-order valence-corrected chi connectivity index (χ1v) is 9.06. The maximum Gasteiger partial charge on any atom is 0.223 e. The average molecular weight is 308 g/mol. The Balaban J connectivity index is 1.26. The molecule has 4 aliphatic rings. The molecule has 4 fully saturated rings. The lowest BCUT2D eigenvalue weighted by Gasteiger charge is -2.37. The smallest absolute Gasteiger partial charge is 0.223 e. The third-order valence-electron chi connectivity index (χ3n) is 5.79. The standard InChI is InChI=1S/C17H28N2O3/c20-16(13-5-8-19(9-6-13)15-3-4-15)18-14-2-1-7-17(12-14)21-10-11-22-17/h13-15H,1-12H2,(H,18,20). The van der Waals surface area contributed by atoms with Gasteiger partial charge in [-0.2, -0.15) is 0 Å². The van der Waals surface area contributed by atoms with Gasteiger partial charge in [0.2, 0.25) is 5.91 Å². The molecular formula is C17H28N2O3. The average Bonchev–Trinajstić information content (AvgIpc) is 3.30. The van der Waals surface area contributed by atoms with Crippen molar-refractivity contribution in [3.05, 3.63) is 0 Å². The first kappa shape index (κ1) is 14.9. The number of piperidine rings is 1. The van der Waals surface area contributed by atoms with Crippen LogP contribution in [0.2, 0.25) is 0 Å². The second-order valence-corrected chi connectivity index (χ2v) is 7.45. The first-order chi connectivity index (χ1) is 10.7. The van der Waals surface area contributed by atoms with E-state index in [1.807, 2.05) is 0 Å². The van der Waals surface area contributed by atoms with Gasteiger partial charge in [0.05, 0.1) is 13.2 Å². The molecule has 2 heterocycles. The zero-order valence-corrected chi connectivity index (χ0v) is 13.4. The van der Waals surface area contributed by atoms with Gasteiger partial charge in [-0.05, 0) is 51.6 Å². The van der Waals surface area contributed by atoms with Crippen LogP contribution in [0.5, 0.6) is 0 Å². The Bertz CT molecular complexity index is 410. The summed E-state index contributed by atoms with van der Waals surface area (Å²) in [6, 6.07) is 1.06. The normalized spacial score (nSPS) is 33.2. The van der Waals surface area contributed by atoms with Crippen LogP contribution in [-0.4, -0.2) is 55.0 Å². The molecule has 1 N–H and O–H groups in total. The van der Waals surface area contributed by atoms with Crippen LogP contribution in [-0.2, 0) is 14.3 Å². The largest absolute Gasteiger partial charge is 0.353 e. The summed E-state index contributed by atoms with van der Waals surface area (Å²) >= 11 is 0. The second-order valence-electron chi connectivity index (χ2n) is 7.45. The van der Waals surface area contributed by atoms with E-state index >= 15 is 0 Å². The minimum Gasteiger partial charge on any atom is -0.353 e. The second kappa shape index (κ2) is 6.10. The lowest BCUT2D eigenvalue weighted by Crippen LogP contribution is -2.49. The van der Waals surface area contributed by atoms with Gasteiger partial charge in [-0.25, -0.2) is 0 Å². The van der Waals surface area contributed by atoms with Crippen LogP contribution in [0.15, 0.2) is 0 Å². The van der Waals surface area contributed by atoms with Crippen LogP contribution in [0.4, 0.5) is 0 Å². The summed E-state index contributed by atoms with van der Waals surface area (Å²) in [4.78, 5) is 15.1. The van der Waals surface area contributed by atoms with Crippen molar-refractivity contribution in [1.82, 2.24) is 10.2 Å². The van der Waals surface area contributed by atoms with Crippen LogP contribution in [0.3, 0.4) is 0 Å². The van der Waals surface area contributed by atoms with E-state index in [4.69, 9.17) is 9.47 Å². The van der Waals surface area contributed by atoms with Crippen molar-refractivity contribution < 1.29 is 14.3 Å². The SMILES string of the molecule is O=C(NC1CCCC2(C1)OCCO2)C1CCN(C2CC2)CC1. The Labute approximate surface area is 132 Å². The van der Waals surface area contributed by atoms with Gasteiger partial charge in [0.25, 0.3) is 0 Å². The fourth-order valence-electron chi connectivity index (χ4n) is 4.37. The van der Waals surface area contributed by atoms with Gasteiger partial charge < -0.3 is 19.7 Å². The highest BCUT2D eigenvalue weighted by Gasteiger charge is 2.42. The van der Waals surface area contributed by atoms with Crippen molar-refractivity contribution in [2.24, 2.45) is 5.92 Å². The first-order valence-electron chi connectivity index (χ1n) is 9.06. The molecule has 5 heteroatoms. The monoisotopic (exact) mass is 308 g/mol. The Kier molecular flexibility index (Phi) is 4.13. The van der Waals surface area contributed by atoms with Gasteiger partial charge in [-0.3, -0.25) is 4.79 Å². The van der Waals surface area contributed by atoms with E-state index in [-0.39, 0.29) is 17.9 Å². The maximum absolute atomic E-state index is 12.6. The molecule has 2 aliphatic heterocycles. The van der Waals surface area contributed by atoms with E-state index in [2.05, 4.69) is 10.2 Å². The molecule has 4 rings (SSSR count). The zero-order chi connectivity index (χ0) is 15.0. The van der Waals surface area contributed by atoms with E-state index in [1.165, 1.54) is 12.8 Å². The molecule has 1 spiro atoms. The summed E-state index contributed by atoms with van der Waals surface area (Å²) in [6.07, 6.45) is 8.69. The van der Waals surface area contributed by atoms with Crippen molar-refractivity contribution in [1.29, 1.82) is 0 Å². The predicted molar refractivity (Wildman–Crippen MR) is 82.4 cm³/mol. The van der Waals surface area contributed by atoms with Crippen molar-refractivity contribution in [3.8, 4) is 0 Å². The van der Waals surface area contributed by atoms with Crippen LogP contribution in [0.1, 0.15) is 51.4 Å². The number of ether oxygens (including phenoxy) is 2. The minimum absolute atomic E-state index is 0.207. The van der Waals surface area contributed by atoms with Crippen molar-refractivity contribution in [3.63, 3.8) is 0 Å². The summed E-state index contributed by atoms with van der Waals surface area (Å²) in [5, 5.41) is 3.28. The van der Waals surface area contributed by atoms with Crippen LogP contribution >= 0.6 is 0 Å². The summed E-state index contributed by atoms with van der Waals surface area (Å²) in [5.41, 5.74) is 0. The summed E-state index contributed by atoms with van der Waals surface area (Å²) in [5.74, 6) is 0.0692. The van der Waals surface area contributed by atoms with Crippen LogP contribution < -0.4 is 5.32 Å². The Morgan fingerprint density at radius 1 is 1.05 bits per heavy atom. The van der Waals surface area contributed by atoms with Gasteiger partial charge >= 0.3 is 0 Å². The molecule has 124 valence electrons. The molecule has 1 atom stereocenters. The number of likely N-dealkylation sites (tertiary alicyclic amines) is 1. The van der Waals surface area contributed by atoms with Crippen LogP contribution in [0, 0.1) is 5.92 Å². The molecule has 0 aromatic rings. The number of nitrogens with zero attached hydrogens (tertiary/aromatic N) is 1. The van der Waals surface area contributed by atoms with Gasteiger partial charge in [-0.15, -0.1) is 0 Å². The van der Waals surface area contributed by atoms with Gasteiger partial charge in [0, 0.05) is 30.8 Å². The van der Waals surface area contributed by atoms with E-state index in [1.54, 1.807) is 0 Å². The number of hydrogen-bond donors (Lipinski definition) is 1. The molecule has 22 heavy (non-hydrogen) atoms. The molecule has 0 radical (unpaired) electrons. The van der Waals surface area contributed by atoms with Gasteiger partial charge in [-0.1, -0.05) is 0 Å². The van der Waals surface area contributed by atoms with Gasteiger partial charge in [0.15, 0.2) is 5.79 Å². The quantitative estimate of drug-likeness (QED) is 0.861. The van der Waals surface area contributed by atoms with E-state index in [0.717, 1.165) is 57.7 Å². The summed E-state index contributed by atoms with van der Waals surface area (Å²) in [7, 11) is 0. The Morgan fingerprint density at radius 2 is 1.77 bits per heavy atom. The molecule has 2 aliphatic carbocycles. The number of rotatable bonds is 3. The highest BCUT2D eigenvalue weighted by molar-refractivity contribution is 5.79. The van der Waals surface area contributed by atoms with Crippen molar-refractivity contribution in [2.45, 2.75) is 69.2 Å². The Hall–Kier alpha value is -0.650. The third kappa shape index (κ3) is 3.17. The van der Waals surface area contributed by atoms with Crippen molar-refractivity contribution in [2.75, 3.05) is 26.3 Å². The topological polar surface area (TPSA) is 50.8 Å². The number of carbonyl (C=O) groups excluding carboxylic acids is 1. The lowest BCUT2D eigenvalue weighted by atomic mass is 9.88. The predicted octanol–water partition coefficient (Wildman–Crippen LogP) is 1.66. The molecule has 2 saturated carbocycles. The number of amides is 1. The molecule has 2 saturated heterocycles. The maximum atomic E-state index is 12.6. The minimum atomic E-state index is -0.397. The number of carbonyl (C=O) groups is 1.